The third kappa shape index (κ3) is 19.4. The highest BCUT2D eigenvalue weighted by Crippen LogP contribution is 2.38. The summed E-state index contributed by atoms with van der Waals surface area (Å²) in [6.07, 6.45) is 38.8. The van der Waals surface area contributed by atoms with Crippen molar-refractivity contribution in [3.63, 3.8) is 0 Å². The van der Waals surface area contributed by atoms with E-state index in [-0.39, 0.29) is 0 Å². The van der Waals surface area contributed by atoms with Crippen molar-refractivity contribution < 1.29 is 0 Å². The smallest absolute Gasteiger partial charge is 0.00589 e. The Kier molecular flexibility index (Phi) is 24.2. The zero-order valence-electron chi connectivity index (χ0n) is 28.7. The van der Waals surface area contributed by atoms with Gasteiger partial charge in [0.05, 0.1) is 0 Å². The second kappa shape index (κ2) is 25.9. The van der Waals surface area contributed by atoms with Crippen LogP contribution in [-0.2, 0) is 0 Å². The zero-order chi connectivity index (χ0) is 29.3. The molecular formula is C40H74. The lowest BCUT2D eigenvalue weighted by Crippen LogP contribution is -2.11. The molecule has 1 aliphatic carbocycles. The van der Waals surface area contributed by atoms with Crippen molar-refractivity contribution in [1.29, 1.82) is 0 Å². The molecule has 0 radical (unpaired) electrons. The normalized spacial score (nSPS) is 15.6. The average molecular weight is 555 g/mol. The first-order valence-electron chi connectivity index (χ1n) is 18.7. The molecule has 0 nitrogen and oxygen atoms in total. The summed E-state index contributed by atoms with van der Waals surface area (Å²) in [5, 5.41) is 0. The fourth-order valence-corrected chi connectivity index (χ4v) is 6.59. The minimum Gasteiger partial charge on any atom is -0.121 e. The molecular weight excluding hydrogens is 480 g/mol. The van der Waals surface area contributed by atoms with Crippen LogP contribution in [0.2, 0.25) is 0 Å². The summed E-state index contributed by atoms with van der Waals surface area (Å²) in [6.45, 7) is 14.1. The first-order chi connectivity index (χ1) is 19.5. The van der Waals surface area contributed by atoms with Crippen LogP contribution in [0.4, 0.5) is 0 Å². The van der Waals surface area contributed by atoms with Gasteiger partial charge < -0.3 is 0 Å². The van der Waals surface area contributed by atoms with Crippen LogP contribution in [0.25, 0.3) is 0 Å². The molecule has 0 aliphatic heterocycles. The van der Waals surface area contributed by atoms with E-state index in [0.29, 0.717) is 5.92 Å². The monoisotopic (exact) mass is 555 g/mol. The number of rotatable bonds is 28. The predicted molar refractivity (Wildman–Crippen MR) is 183 cm³/mol. The SMILES string of the molecule is CCCCCCCCC1=C(CCCCCCCC(C)C)C(CCCCCCCC(C)C)C=C=C1CCCCCC. The molecule has 1 atom stereocenters. The lowest BCUT2D eigenvalue weighted by Gasteiger charge is -2.26. The molecule has 40 heavy (non-hydrogen) atoms. The minimum atomic E-state index is 0.672. The first-order valence-corrected chi connectivity index (χ1v) is 18.7. The van der Waals surface area contributed by atoms with Crippen LogP contribution in [0.5, 0.6) is 0 Å². The van der Waals surface area contributed by atoms with E-state index in [9.17, 15) is 0 Å². The van der Waals surface area contributed by atoms with Crippen LogP contribution in [-0.4, -0.2) is 0 Å². The number of hydrogen-bond acceptors (Lipinski definition) is 0. The van der Waals surface area contributed by atoms with Gasteiger partial charge in [-0.2, -0.15) is 0 Å². The first kappa shape index (κ1) is 37.3. The second-order valence-corrected chi connectivity index (χ2v) is 14.2. The van der Waals surface area contributed by atoms with Gasteiger partial charge in [0, 0.05) is 5.92 Å². The van der Waals surface area contributed by atoms with Crippen molar-refractivity contribution in [2.24, 2.45) is 17.8 Å². The van der Waals surface area contributed by atoms with E-state index in [1.807, 2.05) is 5.57 Å². The van der Waals surface area contributed by atoms with E-state index in [2.05, 4.69) is 53.3 Å². The maximum atomic E-state index is 3.92. The van der Waals surface area contributed by atoms with Crippen molar-refractivity contribution in [2.45, 2.75) is 208 Å². The van der Waals surface area contributed by atoms with Gasteiger partial charge in [-0.1, -0.05) is 169 Å². The predicted octanol–water partition coefficient (Wildman–Crippen LogP) is 14.5. The molecule has 1 aliphatic rings. The van der Waals surface area contributed by atoms with Crippen molar-refractivity contribution in [2.75, 3.05) is 0 Å². The maximum absolute atomic E-state index is 3.92. The van der Waals surface area contributed by atoms with E-state index >= 15 is 0 Å². The summed E-state index contributed by atoms with van der Waals surface area (Å²) < 4.78 is 0. The quantitative estimate of drug-likeness (QED) is 0.0666. The second-order valence-electron chi connectivity index (χ2n) is 14.2. The Balaban J connectivity index is 2.83. The van der Waals surface area contributed by atoms with Gasteiger partial charge in [-0.25, -0.2) is 0 Å². The molecule has 234 valence electrons. The average Bonchev–Trinajstić information content (AvgIpc) is 2.92. The molecule has 0 fully saturated rings. The third-order valence-electron chi connectivity index (χ3n) is 9.24. The summed E-state index contributed by atoms with van der Waals surface area (Å²) in [4.78, 5) is 0. The molecule has 0 aromatic carbocycles. The van der Waals surface area contributed by atoms with Crippen molar-refractivity contribution in [3.8, 4) is 0 Å². The Morgan fingerprint density at radius 3 is 1.55 bits per heavy atom. The number of hydrogen-bond donors (Lipinski definition) is 0. The molecule has 0 bridgehead atoms. The third-order valence-corrected chi connectivity index (χ3v) is 9.24. The van der Waals surface area contributed by atoms with Crippen molar-refractivity contribution in [3.05, 3.63) is 28.5 Å². The van der Waals surface area contributed by atoms with E-state index in [1.54, 1.807) is 11.1 Å². The molecule has 0 aromatic rings. The van der Waals surface area contributed by atoms with Gasteiger partial charge >= 0.3 is 0 Å². The Morgan fingerprint density at radius 1 is 0.525 bits per heavy atom. The molecule has 0 spiro atoms. The Hall–Kier alpha value is -0.740. The Bertz CT molecular complexity index is 668. The van der Waals surface area contributed by atoms with E-state index in [0.717, 1.165) is 11.8 Å². The van der Waals surface area contributed by atoms with E-state index in [1.165, 1.54) is 167 Å². The fraction of sp³-hybridized carbons (Fsp3) is 0.875. The number of unbranched alkanes of at least 4 members (excludes halogenated alkanes) is 16. The van der Waals surface area contributed by atoms with Gasteiger partial charge in [0.25, 0.3) is 0 Å². The highest BCUT2D eigenvalue weighted by molar-refractivity contribution is 5.41. The minimum absolute atomic E-state index is 0.672. The summed E-state index contributed by atoms with van der Waals surface area (Å²) in [7, 11) is 0. The summed E-state index contributed by atoms with van der Waals surface area (Å²) in [5.41, 5.74) is 9.19. The molecule has 0 heteroatoms. The van der Waals surface area contributed by atoms with Crippen LogP contribution < -0.4 is 0 Å². The Labute approximate surface area is 254 Å². The van der Waals surface area contributed by atoms with Gasteiger partial charge in [-0.15, -0.1) is 5.73 Å². The van der Waals surface area contributed by atoms with Crippen molar-refractivity contribution >= 4 is 0 Å². The molecule has 0 amide bonds. The van der Waals surface area contributed by atoms with Crippen LogP contribution in [0.1, 0.15) is 208 Å². The number of allylic oxidation sites excluding steroid dienone is 3. The van der Waals surface area contributed by atoms with Crippen LogP contribution >= 0.6 is 0 Å². The summed E-state index contributed by atoms with van der Waals surface area (Å²) >= 11 is 0. The lowest BCUT2D eigenvalue weighted by molar-refractivity contribution is 0.494. The van der Waals surface area contributed by atoms with Gasteiger partial charge in [-0.3, -0.25) is 0 Å². The Morgan fingerprint density at radius 2 is 0.975 bits per heavy atom. The molecule has 0 aromatic heterocycles. The molecule has 0 N–H and O–H groups in total. The fourth-order valence-electron chi connectivity index (χ4n) is 6.59. The summed E-state index contributed by atoms with van der Waals surface area (Å²) in [5.74, 6) is 2.40. The molecule has 0 saturated carbocycles. The van der Waals surface area contributed by atoms with E-state index in [4.69, 9.17) is 0 Å². The molecule has 0 heterocycles. The van der Waals surface area contributed by atoms with Gasteiger partial charge in [0.1, 0.15) is 0 Å². The van der Waals surface area contributed by atoms with Crippen molar-refractivity contribution in [1.82, 2.24) is 0 Å². The maximum Gasteiger partial charge on any atom is 0.00589 e. The highest BCUT2D eigenvalue weighted by Gasteiger charge is 2.21. The zero-order valence-corrected chi connectivity index (χ0v) is 28.7. The lowest BCUT2D eigenvalue weighted by atomic mass is 9.78. The van der Waals surface area contributed by atoms with Gasteiger partial charge in [0.15, 0.2) is 0 Å². The van der Waals surface area contributed by atoms with Crippen LogP contribution in [0, 0.1) is 17.8 Å². The van der Waals surface area contributed by atoms with Crippen LogP contribution in [0.15, 0.2) is 28.5 Å². The standard InChI is InChI=1S/C40H74/c1-7-9-11-13-19-25-31-39-37(29-23-12-10-8-2)33-34-38(30-24-18-14-16-21-27-35(3)4)40(39)32-26-20-15-17-22-28-36(5)6/h34-36,38H,7-32H2,1-6H3. The molecule has 1 rings (SSSR count). The highest BCUT2D eigenvalue weighted by atomic mass is 14.3. The van der Waals surface area contributed by atoms with Crippen LogP contribution in [0.3, 0.4) is 0 Å². The largest absolute Gasteiger partial charge is 0.121 e. The summed E-state index contributed by atoms with van der Waals surface area (Å²) in [6, 6.07) is 0. The van der Waals surface area contributed by atoms with E-state index < -0.39 is 0 Å². The van der Waals surface area contributed by atoms with Gasteiger partial charge in [-0.05, 0) is 74.0 Å². The topological polar surface area (TPSA) is 0 Å². The molecule has 1 unspecified atom stereocenters. The molecule has 0 saturated heterocycles. The van der Waals surface area contributed by atoms with Gasteiger partial charge in [0.2, 0.25) is 0 Å².